The first-order valence-corrected chi connectivity index (χ1v) is 13.8. The molecule has 2 atom stereocenters. The molecule has 206 valence electrons. The Bertz CT molecular complexity index is 1060. The fraction of sp³-hybridized carbons (Fsp3) is 0.516. The summed E-state index contributed by atoms with van der Waals surface area (Å²) >= 11 is 0. The number of alkyl carbamates (subject to hydrolysis) is 1. The van der Waals surface area contributed by atoms with E-state index in [1.54, 1.807) is 27.8 Å². The average molecular weight is 522 g/mol. The normalized spacial score (nSPS) is 15.7. The molecular weight excluding hydrogens is 478 g/mol. The van der Waals surface area contributed by atoms with Gasteiger partial charge in [0.15, 0.2) is 0 Å². The van der Waals surface area contributed by atoms with E-state index in [9.17, 15) is 14.4 Å². The van der Waals surface area contributed by atoms with Crippen LogP contribution in [0.5, 0.6) is 0 Å². The summed E-state index contributed by atoms with van der Waals surface area (Å²) in [5.74, 6) is -0.559. The number of hydrogen-bond acceptors (Lipinski definition) is 4. The molecule has 0 aliphatic heterocycles. The zero-order valence-electron chi connectivity index (χ0n) is 23.5. The number of aryl methyl sites for hydroxylation is 1. The number of nitrogens with zero attached hydrogens (tertiary/aromatic N) is 1. The maximum Gasteiger partial charge on any atom is 0.408 e. The Kier molecular flexibility index (Phi) is 10.3. The zero-order chi connectivity index (χ0) is 27.7. The number of hydrogen-bond donors (Lipinski definition) is 2. The molecule has 2 aromatic rings. The van der Waals surface area contributed by atoms with E-state index in [0.29, 0.717) is 0 Å². The van der Waals surface area contributed by atoms with Gasteiger partial charge >= 0.3 is 6.09 Å². The van der Waals surface area contributed by atoms with E-state index in [-0.39, 0.29) is 24.3 Å². The summed E-state index contributed by atoms with van der Waals surface area (Å²) < 4.78 is 5.45. The third kappa shape index (κ3) is 8.61. The predicted molar refractivity (Wildman–Crippen MR) is 150 cm³/mol. The number of likely N-dealkylation sites (N-methyl/N-ethyl adjacent to an activating group) is 1. The van der Waals surface area contributed by atoms with Crippen molar-refractivity contribution in [3.05, 3.63) is 71.3 Å². The lowest BCUT2D eigenvalue weighted by Crippen LogP contribution is -2.53. The van der Waals surface area contributed by atoms with Gasteiger partial charge in [0.2, 0.25) is 11.8 Å². The van der Waals surface area contributed by atoms with E-state index >= 15 is 0 Å². The Morgan fingerprint density at radius 1 is 0.947 bits per heavy atom. The molecule has 2 N–H and O–H groups in total. The molecule has 1 aliphatic rings. The van der Waals surface area contributed by atoms with Crippen LogP contribution in [-0.2, 0) is 27.2 Å². The minimum absolute atomic E-state index is 0.108. The quantitative estimate of drug-likeness (QED) is 0.467. The fourth-order valence-electron chi connectivity index (χ4n) is 4.89. The first-order chi connectivity index (χ1) is 18.1. The highest BCUT2D eigenvalue weighted by molar-refractivity contribution is 5.92. The zero-order valence-corrected chi connectivity index (χ0v) is 23.5. The summed E-state index contributed by atoms with van der Waals surface area (Å²) in [5, 5.41) is 5.96. The predicted octanol–water partition coefficient (Wildman–Crippen LogP) is 5.33. The molecule has 1 aliphatic carbocycles. The lowest BCUT2D eigenvalue weighted by Gasteiger charge is -2.33. The Balaban J connectivity index is 1.89. The Morgan fingerprint density at radius 3 is 2.16 bits per heavy atom. The van der Waals surface area contributed by atoms with Gasteiger partial charge in [-0.15, -0.1) is 0 Å². The highest BCUT2D eigenvalue weighted by atomic mass is 16.6. The van der Waals surface area contributed by atoms with E-state index in [1.165, 1.54) is 11.3 Å². The first-order valence-electron chi connectivity index (χ1n) is 13.8. The lowest BCUT2D eigenvalue weighted by molar-refractivity contribution is -0.141. The Hall–Kier alpha value is -3.35. The van der Waals surface area contributed by atoms with Crippen molar-refractivity contribution in [1.29, 1.82) is 0 Å². The molecule has 1 fully saturated rings. The van der Waals surface area contributed by atoms with Crippen LogP contribution in [0.4, 0.5) is 4.79 Å². The monoisotopic (exact) mass is 521 g/mol. The van der Waals surface area contributed by atoms with Crippen molar-refractivity contribution in [3.8, 4) is 0 Å². The molecule has 0 spiro atoms. The average Bonchev–Trinajstić information content (AvgIpc) is 2.88. The second-order valence-corrected chi connectivity index (χ2v) is 11.2. The summed E-state index contributed by atoms with van der Waals surface area (Å²) in [4.78, 5) is 41.8. The van der Waals surface area contributed by atoms with Gasteiger partial charge in [0.25, 0.3) is 0 Å². The molecule has 3 rings (SSSR count). The summed E-state index contributed by atoms with van der Waals surface area (Å²) in [6, 6.07) is 15.7. The number of nitrogens with one attached hydrogen (secondary N) is 2. The van der Waals surface area contributed by atoms with Gasteiger partial charge in [0.05, 0.1) is 0 Å². The van der Waals surface area contributed by atoms with Gasteiger partial charge < -0.3 is 20.3 Å². The van der Waals surface area contributed by atoms with Gasteiger partial charge in [0, 0.05) is 19.5 Å². The molecule has 7 nitrogen and oxygen atoms in total. The standard InChI is InChI=1S/C31H43N3O4/c1-6-22-17-19-24(20-18-22)27(28(35)32-25-15-11-8-12-16-25)34(5)29(36)26(21-23-13-9-7-10-14-23)33-30(37)38-31(2,3)4/h7,9-10,13-14,17-20,25-27H,6,8,11-12,15-16,21H2,1-5H3,(H,32,35)(H,33,37). The molecule has 0 saturated heterocycles. The van der Waals surface area contributed by atoms with Crippen LogP contribution >= 0.6 is 0 Å². The molecule has 0 bridgehead atoms. The second-order valence-electron chi connectivity index (χ2n) is 11.2. The number of amides is 3. The largest absolute Gasteiger partial charge is 0.444 e. The molecule has 38 heavy (non-hydrogen) atoms. The number of carbonyl (C=O) groups is 3. The second kappa shape index (κ2) is 13.4. The first kappa shape index (κ1) is 29.2. The van der Waals surface area contributed by atoms with E-state index in [1.807, 2.05) is 54.6 Å². The van der Waals surface area contributed by atoms with Crippen molar-refractivity contribution in [3.63, 3.8) is 0 Å². The highest BCUT2D eigenvalue weighted by Gasteiger charge is 2.35. The van der Waals surface area contributed by atoms with Crippen LogP contribution < -0.4 is 10.6 Å². The van der Waals surface area contributed by atoms with Gasteiger partial charge in [-0.3, -0.25) is 9.59 Å². The topological polar surface area (TPSA) is 87.7 Å². The number of benzene rings is 2. The highest BCUT2D eigenvalue weighted by Crippen LogP contribution is 2.25. The van der Waals surface area contributed by atoms with E-state index in [2.05, 4.69) is 17.6 Å². The molecule has 3 amide bonds. The van der Waals surface area contributed by atoms with Crippen LogP contribution in [0.2, 0.25) is 0 Å². The smallest absolute Gasteiger partial charge is 0.408 e. The summed E-state index contributed by atoms with van der Waals surface area (Å²) in [6.45, 7) is 7.41. The molecule has 1 saturated carbocycles. The maximum absolute atomic E-state index is 14.0. The fourth-order valence-corrected chi connectivity index (χ4v) is 4.89. The SMILES string of the molecule is CCc1ccc(C(C(=O)NC2CCCCC2)N(C)C(=O)C(Cc2ccccc2)NC(=O)OC(C)(C)C)cc1. The van der Waals surface area contributed by atoms with Crippen LogP contribution in [0.1, 0.15) is 82.5 Å². The van der Waals surface area contributed by atoms with Crippen LogP contribution in [0, 0.1) is 0 Å². The molecule has 0 radical (unpaired) electrons. The van der Waals surface area contributed by atoms with Gasteiger partial charge in [-0.25, -0.2) is 4.79 Å². The van der Waals surface area contributed by atoms with Crippen LogP contribution in [0.15, 0.2) is 54.6 Å². The van der Waals surface area contributed by atoms with Gasteiger partial charge in [-0.1, -0.05) is 80.8 Å². The minimum atomic E-state index is -0.905. The Labute approximate surface area is 227 Å². The number of ether oxygens (including phenoxy) is 1. The van der Waals surface area contributed by atoms with Crippen molar-refractivity contribution in [1.82, 2.24) is 15.5 Å². The van der Waals surface area contributed by atoms with E-state index in [4.69, 9.17) is 4.74 Å². The Morgan fingerprint density at radius 2 is 1.58 bits per heavy atom. The summed E-state index contributed by atoms with van der Waals surface area (Å²) in [7, 11) is 1.63. The van der Waals surface area contributed by atoms with E-state index < -0.39 is 23.8 Å². The van der Waals surface area contributed by atoms with Crippen molar-refractivity contribution >= 4 is 17.9 Å². The minimum Gasteiger partial charge on any atom is -0.444 e. The van der Waals surface area contributed by atoms with E-state index in [0.717, 1.165) is 48.8 Å². The number of rotatable bonds is 9. The van der Waals surface area contributed by atoms with Gasteiger partial charge in [-0.2, -0.15) is 0 Å². The summed E-state index contributed by atoms with van der Waals surface area (Å²) in [6.07, 6.45) is 5.74. The van der Waals surface area contributed by atoms with Crippen molar-refractivity contribution in [2.45, 2.75) is 96.4 Å². The molecule has 2 aromatic carbocycles. The molecule has 7 heteroatoms. The van der Waals surface area contributed by atoms with Crippen molar-refractivity contribution in [2.75, 3.05) is 7.05 Å². The molecular formula is C31H43N3O4. The molecule has 0 heterocycles. The molecule has 0 aromatic heterocycles. The lowest BCUT2D eigenvalue weighted by atomic mass is 9.94. The van der Waals surface area contributed by atoms with Crippen LogP contribution in [0.25, 0.3) is 0 Å². The maximum atomic E-state index is 14.0. The van der Waals surface area contributed by atoms with Crippen LogP contribution in [-0.4, -0.2) is 47.5 Å². The van der Waals surface area contributed by atoms with Crippen LogP contribution in [0.3, 0.4) is 0 Å². The summed E-state index contributed by atoms with van der Waals surface area (Å²) in [5.41, 5.74) is 2.08. The third-order valence-electron chi connectivity index (χ3n) is 6.91. The third-order valence-corrected chi connectivity index (χ3v) is 6.91. The molecule has 2 unspecified atom stereocenters. The van der Waals surface area contributed by atoms with Gasteiger partial charge in [-0.05, 0) is 56.7 Å². The van der Waals surface area contributed by atoms with Crippen molar-refractivity contribution in [2.24, 2.45) is 0 Å². The van der Waals surface area contributed by atoms with Gasteiger partial charge in [0.1, 0.15) is 17.7 Å². The van der Waals surface area contributed by atoms with Crippen molar-refractivity contribution < 1.29 is 19.1 Å². The number of carbonyl (C=O) groups excluding carboxylic acids is 3.